The average Bonchev–Trinajstić information content (AvgIpc) is 2.81. The molecule has 1 amide bonds. The summed E-state index contributed by atoms with van der Waals surface area (Å²) in [6, 6.07) is 16.6. The quantitative estimate of drug-likeness (QED) is 0.159. The average molecular weight is 621 g/mol. The van der Waals surface area contributed by atoms with Crippen LogP contribution in [0.15, 0.2) is 54.1 Å². The van der Waals surface area contributed by atoms with Gasteiger partial charge in [-0.3, -0.25) is 4.79 Å². The molecular weight excluding hydrogens is 598 g/mol. The van der Waals surface area contributed by atoms with Crippen LogP contribution in [0.2, 0.25) is 10.0 Å². The molecule has 0 spiro atoms. The number of amides is 1. The lowest BCUT2D eigenvalue weighted by Crippen LogP contribution is -2.15. The van der Waals surface area contributed by atoms with E-state index in [-0.39, 0.29) is 12.2 Å². The van der Waals surface area contributed by atoms with Gasteiger partial charge in [0, 0.05) is 5.69 Å². The van der Waals surface area contributed by atoms with E-state index in [1.54, 1.807) is 18.2 Å². The third kappa shape index (κ3) is 6.91. The van der Waals surface area contributed by atoms with Crippen molar-refractivity contribution >= 4 is 63.5 Å². The van der Waals surface area contributed by atoms with E-state index < -0.39 is 5.91 Å². The van der Waals surface area contributed by atoms with Crippen LogP contribution in [0.4, 0.5) is 5.69 Å². The number of carbonyl (C=O) groups excluding carboxylic acids is 1. The summed E-state index contributed by atoms with van der Waals surface area (Å²) in [4.78, 5) is 12.8. The molecule has 0 aliphatic heterocycles. The summed E-state index contributed by atoms with van der Waals surface area (Å²) >= 11 is 14.2. The van der Waals surface area contributed by atoms with E-state index in [0.29, 0.717) is 39.4 Å². The summed E-state index contributed by atoms with van der Waals surface area (Å²) in [5.74, 6) is 0.602. The molecule has 3 aromatic rings. The summed E-state index contributed by atoms with van der Waals surface area (Å²) in [6.45, 7) is 6.38. The van der Waals surface area contributed by atoms with Gasteiger partial charge in [0.1, 0.15) is 18.2 Å². The predicted molar refractivity (Wildman–Crippen MR) is 149 cm³/mol. The second kappa shape index (κ2) is 12.3. The molecule has 35 heavy (non-hydrogen) atoms. The number of rotatable bonds is 8. The Bertz CT molecular complexity index is 1310. The van der Waals surface area contributed by atoms with Gasteiger partial charge in [-0.15, -0.1) is 0 Å². The zero-order chi connectivity index (χ0) is 25.5. The van der Waals surface area contributed by atoms with E-state index in [0.717, 1.165) is 20.3 Å². The maximum atomic E-state index is 12.8. The van der Waals surface area contributed by atoms with E-state index in [2.05, 4.69) is 27.9 Å². The maximum Gasteiger partial charge on any atom is 0.266 e. The number of aryl methyl sites for hydroxylation is 2. The molecule has 0 radical (unpaired) electrons. The van der Waals surface area contributed by atoms with Crippen molar-refractivity contribution in [2.75, 3.05) is 11.9 Å². The van der Waals surface area contributed by atoms with Gasteiger partial charge >= 0.3 is 0 Å². The fourth-order valence-corrected chi connectivity index (χ4v) is 4.47. The minimum Gasteiger partial charge on any atom is -0.490 e. The fourth-order valence-electron chi connectivity index (χ4n) is 3.37. The van der Waals surface area contributed by atoms with Crippen molar-refractivity contribution in [3.05, 3.63) is 90.0 Å². The number of nitriles is 1. The summed E-state index contributed by atoms with van der Waals surface area (Å²) in [5.41, 5.74) is 4.04. The fraction of sp³-hybridized carbons (Fsp3) is 0.185. The molecule has 180 valence electrons. The molecule has 0 aromatic heterocycles. The smallest absolute Gasteiger partial charge is 0.266 e. The highest BCUT2D eigenvalue weighted by Crippen LogP contribution is 2.36. The minimum absolute atomic E-state index is 0.0182. The number of benzene rings is 3. The Balaban J connectivity index is 1.87. The van der Waals surface area contributed by atoms with Gasteiger partial charge in [-0.2, -0.15) is 5.26 Å². The summed E-state index contributed by atoms with van der Waals surface area (Å²) in [6.07, 6.45) is 1.54. The Labute approximate surface area is 228 Å². The molecule has 1 N–H and O–H groups in total. The zero-order valence-corrected chi connectivity index (χ0v) is 23.1. The number of carbonyl (C=O) groups is 1. The van der Waals surface area contributed by atoms with Crippen LogP contribution in [0.3, 0.4) is 0 Å². The Morgan fingerprint density at radius 3 is 2.43 bits per heavy atom. The first-order valence-corrected chi connectivity index (χ1v) is 12.6. The maximum absolute atomic E-state index is 12.8. The number of nitrogens with one attached hydrogen (secondary N) is 1. The number of nitrogens with zero attached hydrogens (tertiary/aromatic N) is 1. The van der Waals surface area contributed by atoms with Crippen molar-refractivity contribution in [1.82, 2.24) is 0 Å². The SMILES string of the molecule is CCOc1cc(/C=C(/C#N)C(=O)Nc2c(C)cccc2C)cc(I)c1OCc1ccc(Cl)c(Cl)c1. The highest BCUT2D eigenvalue weighted by Gasteiger charge is 2.16. The monoisotopic (exact) mass is 620 g/mol. The first-order valence-electron chi connectivity index (χ1n) is 10.8. The number of ether oxygens (including phenoxy) is 2. The predicted octanol–water partition coefficient (Wildman–Crippen LogP) is 7.74. The van der Waals surface area contributed by atoms with Gasteiger partial charge in [-0.05, 0) is 96.0 Å². The number of halogens is 3. The molecule has 0 bridgehead atoms. The van der Waals surface area contributed by atoms with Crippen LogP contribution in [0.25, 0.3) is 6.08 Å². The molecule has 3 aromatic carbocycles. The van der Waals surface area contributed by atoms with Crippen molar-refractivity contribution in [2.24, 2.45) is 0 Å². The topological polar surface area (TPSA) is 71.3 Å². The highest BCUT2D eigenvalue weighted by atomic mass is 127. The molecule has 8 heteroatoms. The number of hydrogen-bond acceptors (Lipinski definition) is 4. The third-order valence-electron chi connectivity index (χ3n) is 5.09. The van der Waals surface area contributed by atoms with Crippen LogP contribution >= 0.6 is 45.8 Å². The van der Waals surface area contributed by atoms with Crippen molar-refractivity contribution in [2.45, 2.75) is 27.4 Å². The van der Waals surface area contributed by atoms with Crippen LogP contribution in [-0.2, 0) is 11.4 Å². The number of hydrogen-bond donors (Lipinski definition) is 1. The molecule has 0 unspecified atom stereocenters. The minimum atomic E-state index is -0.474. The van der Waals surface area contributed by atoms with Crippen LogP contribution in [0.1, 0.15) is 29.2 Å². The number of anilines is 1. The molecule has 0 heterocycles. The van der Waals surface area contributed by atoms with Crippen LogP contribution < -0.4 is 14.8 Å². The van der Waals surface area contributed by atoms with Gasteiger partial charge in [0.05, 0.1) is 20.2 Å². The van der Waals surface area contributed by atoms with Gasteiger partial charge in [-0.1, -0.05) is 47.5 Å². The van der Waals surface area contributed by atoms with Crippen molar-refractivity contribution in [3.63, 3.8) is 0 Å². The second-order valence-electron chi connectivity index (χ2n) is 7.69. The van der Waals surface area contributed by atoms with Crippen molar-refractivity contribution in [1.29, 1.82) is 5.26 Å². The number of para-hydroxylation sites is 1. The van der Waals surface area contributed by atoms with E-state index in [4.69, 9.17) is 32.7 Å². The van der Waals surface area contributed by atoms with Crippen LogP contribution in [0.5, 0.6) is 11.5 Å². The Kier molecular flexibility index (Phi) is 9.44. The van der Waals surface area contributed by atoms with E-state index in [1.165, 1.54) is 6.08 Å². The van der Waals surface area contributed by atoms with Crippen molar-refractivity contribution in [3.8, 4) is 17.6 Å². The summed E-state index contributed by atoms with van der Waals surface area (Å²) in [7, 11) is 0. The Morgan fingerprint density at radius 2 is 1.80 bits per heavy atom. The molecule has 0 saturated carbocycles. The third-order valence-corrected chi connectivity index (χ3v) is 6.63. The summed E-state index contributed by atoms with van der Waals surface area (Å²) < 4.78 is 12.6. The second-order valence-corrected chi connectivity index (χ2v) is 9.67. The lowest BCUT2D eigenvalue weighted by atomic mass is 10.1. The first kappa shape index (κ1) is 26.9. The van der Waals surface area contributed by atoms with E-state index in [9.17, 15) is 10.1 Å². The highest BCUT2D eigenvalue weighted by molar-refractivity contribution is 14.1. The van der Waals surface area contributed by atoms with Crippen LogP contribution in [0, 0.1) is 28.7 Å². The molecule has 0 aliphatic carbocycles. The standard InChI is InChI=1S/C27H23Cl2IN2O3/c1-4-34-24-13-19(10-20(14-31)27(33)32-25-16(2)6-5-7-17(25)3)12-23(30)26(24)35-15-18-8-9-21(28)22(29)11-18/h5-13H,4,15H2,1-3H3,(H,32,33)/b20-10-. The molecule has 0 fully saturated rings. The summed E-state index contributed by atoms with van der Waals surface area (Å²) in [5, 5.41) is 13.5. The molecular formula is C27H23Cl2IN2O3. The van der Waals surface area contributed by atoms with Gasteiger partial charge < -0.3 is 14.8 Å². The lowest BCUT2D eigenvalue weighted by molar-refractivity contribution is -0.112. The van der Waals surface area contributed by atoms with Crippen LogP contribution in [-0.4, -0.2) is 12.5 Å². The van der Waals surface area contributed by atoms with Gasteiger partial charge in [-0.25, -0.2) is 0 Å². The molecule has 5 nitrogen and oxygen atoms in total. The first-order chi connectivity index (χ1) is 16.7. The zero-order valence-electron chi connectivity index (χ0n) is 19.4. The van der Waals surface area contributed by atoms with Gasteiger partial charge in [0.2, 0.25) is 0 Å². The molecule has 0 saturated heterocycles. The molecule has 0 atom stereocenters. The van der Waals surface area contributed by atoms with E-state index in [1.807, 2.05) is 57.2 Å². The van der Waals surface area contributed by atoms with E-state index >= 15 is 0 Å². The Hall–Kier alpha value is -2.73. The molecule has 3 rings (SSSR count). The molecule has 0 aliphatic rings. The Morgan fingerprint density at radius 1 is 1.09 bits per heavy atom. The lowest BCUT2D eigenvalue weighted by Gasteiger charge is -2.15. The van der Waals surface area contributed by atoms with Gasteiger partial charge in [0.15, 0.2) is 11.5 Å². The normalized spacial score (nSPS) is 11.1. The largest absolute Gasteiger partial charge is 0.490 e. The van der Waals surface area contributed by atoms with Gasteiger partial charge in [0.25, 0.3) is 5.91 Å². The van der Waals surface area contributed by atoms with Crippen molar-refractivity contribution < 1.29 is 14.3 Å².